The summed E-state index contributed by atoms with van der Waals surface area (Å²) in [5.74, 6) is -4.49. The molecule has 1 aromatic heterocycles. The summed E-state index contributed by atoms with van der Waals surface area (Å²) in [5, 5.41) is 11.8. The molecule has 1 fully saturated rings. The Balaban J connectivity index is 1.93. The zero-order chi connectivity index (χ0) is 20.3. The van der Waals surface area contributed by atoms with Crippen molar-refractivity contribution in [2.24, 2.45) is 5.92 Å². The third-order valence-corrected chi connectivity index (χ3v) is 4.25. The van der Waals surface area contributed by atoms with E-state index in [-0.39, 0.29) is 22.9 Å². The molecule has 0 aliphatic heterocycles. The monoisotopic (exact) mass is 384 g/mol. The summed E-state index contributed by atoms with van der Waals surface area (Å²) >= 11 is 0. The van der Waals surface area contributed by atoms with Gasteiger partial charge in [0.1, 0.15) is 11.3 Å². The van der Waals surface area contributed by atoms with Gasteiger partial charge < -0.3 is 10.1 Å². The lowest BCUT2D eigenvalue weighted by Gasteiger charge is -2.18. The third kappa shape index (κ3) is 4.49. The van der Waals surface area contributed by atoms with Crippen LogP contribution < -0.4 is 10.1 Å². The van der Waals surface area contributed by atoms with Crippen LogP contribution in [0.4, 0.5) is 8.78 Å². The van der Waals surface area contributed by atoms with Gasteiger partial charge in [0.15, 0.2) is 0 Å². The number of carbonyl (C=O) groups excluding carboxylic acids is 1. The number of halogens is 2. The van der Waals surface area contributed by atoms with Crippen LogP contribution in [0.2, 0.25) is 0 Å². The Morgan fingerprint density at radius 2 is 2.07 bits per heavy atom. The van der Waals surface area contributed by atoms with Crippen molar-refractivity contribution in [3.8, 4) is 17.7 Å². The van der Waals surface area contributed by atoms with Crippen molar-refractivity contribution >= 4 is 5.91 Å². The molecular weight excluding hydrogens is 366 g/mol. The number of nitriles is 1. The number of hydrogen-bond donors (Lipinski definition) is 1. The quantitative estimate of drug-likeness (QED) is 0.730. The van der Waals surface area contributed by atoms with E-state index in [0.29, 0.717) is 12.7 Å². The molecule has 1 aromatic carbocycles. The number of amides is 1. The number of nitrogens with zero attached hydrogens (tertiary/aromatic N) is 3. The minimum atomic E-state index is -3.30. The fourth-order valence-corrected chi connectivity index (χ4v) is 2.62. The number of para-hydroxylation sites is 1. The van der Waals surface area contributed by atoms with Crippen LogP contribution in [0.15, 0.2) is 48.7 Å². The van der Waals surface area contributed by atoms with Crippen LogP contribution in [-0.4, -0.2) is 21.9 Å². The second-order valence-corrected chi connectivity index (χ2v) is 6.64. The van der Waals surface area contributed by atoms with Crippen LogP contribution in [0.25, 0.3) is 0 Å². The lowest BCUT2D eigenvalue weighted by atomic mass is 10.0. The molecule has 8 heteroatoms. The van der Waals surface area contributed by atoms with E-state index in [1.165, 1.54) is 0 Å². The first-order valence-corrected chi connectivity index (χ1v) is 8.67. The predicted molar refractivity (Wildman–Crippen MR) is 96.8 cm³/mol. The van der Waals surface area contributed by atoms with Crippen LogP contribution in [0.5, 0.6) is 11.6 Å². The molecule has 0 spiro atoms. The molecule has 1 heterocycles. The predicted octanol–water partition coefficient (Wildman–Crippen LogP) is 3.97. The molecule has 0 unspecified atom stereocenters. The highest BCUT2D eigenvalue weighted by atomic mass is 19.3. The number of nitrogens with one attached hydrogen (secondary N) is 1. The van der Waals surface area contributed by atoms with Crippen molar-refractivity contribution in [3.05, 3.63) is 60.1 Å². The van der Waals surface area contributed by atoms with Crippen molar-refractivity contribution in [2.75, 3.05) is 0 Å². The SMILES string of the molecule is C=C(C#N)[C@H](NC(=O)c1cnc(C(C)(F)F)nc1Oc1ccccc1)C1CC1. The topological polar surface area (TPSA) is 87.9 Å². The van der Waals surface area contributed by atoms with Crippen molar-refractivity contribution in [3.63, 3.8) is 0 Å². The lowest BCUT2D eigenvalue weighted by Crippen LogP contribution is -2.37. The summed E-state index contributed by atoms with van der Waals surface area (Å²) in [6, 6.07) is 9.82. The average molecular weight is 384 g/mol. The van der Waals surface area contributed by atoms with Gasteiger partial charge in [-0.3, -0.25) is 4.79 Å². The summed E-state index contributed by atoms with van der Waals surface area (Å²) in [4.78, 5) is 20.1. The van der Waals surface area contributed by atoms with Crippen molar-refractivity contribution in [1.29, 1.82) is 5.26 Å². The van der Waals surface area contributed by atoms with Crippen LogP contribution in [0.3, 0.4) is 0 Å². The van der Waals surface area contributed by atoms with E-state index in [1.807, 2.05) is 6.07 Å². The molecule has 1 aliphatic carbocycles. The summed E-state index contributed by atoms with van der Waals surface area (Å²) in [5.41, 5.74) is 0.132. The first kappa shape index (κ1) is 19.4. The van der Waals surface area contributed by atoms with E-state index in [1.54, 1.807) is 30.3 Å². The van der Waals surface area contributed by atoms with Crippen LogP contribution >= 0.6 is 0 Å². The molecule has 144 valence electrons. The van der Waals surface area contributed by atoms with Gasteiger partial charge in [-0.25, -0.2) is 4.98 Å². The minimum Gasteiger partial charge on any atom is -0.438 e. The van der Waals surface area contributed by atoms with Gasteiger partial charge in [-0.15, -0.1) is 0 Å². The van der Waals surface area contributed by atoms with Gasteiger partial charge in [-0.05, 0) is 30.9 Å². The van der Waals surface area contributed by atoms with Crippen molar-refractivity contribution in [2.45, 2.75) is 31.7 Å². The van der Waals surface area contributed by atoms with Crippen LogP contribution in [0, 0.1) is 17.2 Å². The molecule has 0 radical (unpaired) electrons. The van der Waals surface area contributed by atoms with E-state index < -0.39 is 23.7 Å². The fraction of sp³-hybridized carbons (Fsp3) is 0.300. The Hall–Kier alpha value is -3.34. The second kappa shape index (κ2) is 7.72. The maximum Gasteiger partial charge on any atom is 0.303 e. The number of hydrogen-bond acceptors (Lipinski definition) is 5. The first-order valence-electron chi connectivity index (χ1n) is 8.67. The molecule has 1 amide bonds. The average Bonchev–Trinajstić information content (AvgIpc) is 3.50. The Bertz CT molecular complexity index is 931. The lowest BCUT2D eigenvalue weighted by molar-refractivity contribution is 0.00707. The molecule has 0 bridgehead atoms. The molecule has 6 nitrogen and oxygen atoms in total. The Morgan fingerprint density at radius 3 is 2.64 bits per heavy atom. The summed E-state index contributed by atoms with van der Waals surface area (Å²) < 4.78 is 32.9. The highest BCUT2D eigenvalue weighted by Crippen LogP contribution is 2.36. The Labute approximate surface area is 160 Å². The minimum absolute atomic E-state index is 0.103. The van der Waals surface area contributed by atoms with E-state index in [0.717, 1.165) is 19.0 Å². The van der Waals surface area contributed by atoms with E-state index in [2.05, 4.69) is 21.9 Å². The van der Waals surface area contributed by atoms with E-state index in [9.17, 15) is 13.6 Å². The van der Waals surface area contributed by atoms with Gasteiger partial charge in [0.2, 0.25) is 11.7 Å². The number of carbonyl (C=O) groups is 1. The highest BCUT2D eigenvalue weighted by molar-refractivity contribution is 5.96. The van der Waals surface area contributed by atoms with Crippen molar-refractivity contribution in [1.82, 2.24) is 15.3 Å². The molecule has 0 saturated heterocycles. The summed E-state index contributed by atoms with van der Waals surface area (Å²) in [6.07, 6.45) is 2.75. The standard InChI is InChI=1S/C20H18F2N4O2/c1-12(10-23)16(13-8-9-13)25-17(27)15-11-24-19(20(2,21)22)26-18(15)28-14-6-4-3-5-7-14/h3-7,11,13,16H,1,8-9H2,2H3,(H,25,27)/t16-/m0/s1. The van der Waals surface area contributed by atoms with Gasteiger partial charge in [0.05, 0.1) is 12.1 Å². The normalized spacial score (nSPS) is 14.6. The van der Waals surface area contributed by atoms with E-state index >= 15 is 0 Å². The molecule has 28 heavy (non-hydrogen) atoms. The Morgan fingerprint density at radius 1 is 1.39 bits per heavy atom. The molecule has 1 saturated carbocycles. The fourth-order valence-electron chi connectivity index (χ4n) is 2.62. The molecule has 3 rings (SSSR count). The number of ether oxygens (including phenoxy) is 1. The first-order chi connectivity index (χ1) is 13.3. The zero-order valence-corrected chi connectivity index (χ0v) is 15.2. The Kier molecular flexibility index (Phi) is 5.36. The van der Waals surface area contributed by atoms with Gasteiger partial charge in [0.25, 0.3) is 5.91 Å². The third-order valence-electron chi connectivity index (χ3n) is 4.25. The molecule has 1 atom stereocenters. The molecule has 1 aliphatic rings. The second-order valence-electron chi connectivity index (χ2n) is 6.64. The number of aromatic nitrogens is 2. The number of alkyl halides is 2. The van der Waals surface area contributed by atoms with Crippen molar-refractivity contribution < 1.29 is 18.3 Å². The van der Waals surface area contributed by atoms with Gasteiger partial charge in [-0.1, -0.05) is 24.8 Å². The molecule has 1 N–H and O–H groups in total. The number of benzene rings is 1. The maximum atomic E-state index is 13.7. The molecule has 2 aromatic rings. The van der Waals surface area contributed by atoms with Crippen LogP contribution in [0.1, 0.15) is 35.9 Å². The molecular formula is C20H18F2N4O2. The summed E-state index contributed by atoms with van der Waals surface area (Å²) in [7, 11) is 0. The number of rotatable bonds is 7. The summed E-state index contributed by atoms with van der Waals surface area (Å²) in [6.45, 7) is 4.34. The highest BCUT2D eigenvalue weighted by Gasteiger charge is 2.36. The zero-order valence-electron chi connectivity index (χ0n) is 15.2. The largest absolute Gasteiger partial charge is 0.438 e. The van der Waals surface area contributed by atoms with Gasteiger partial charge in [0, 0.05) is 18.7 Å². The van der Waals surface area contributed by atoms with E-state index in [4.69, 9.17) is 10.00 Å². The maximum absolute atomic E-state index is 13.7. The smallest absolute Gasteiger partial charge is 0.303 e. The van der Waals surface area contributed by atoms with Gasteiger partial charge >= 0.3 is 5.92 Å². The van der Waals surface area contributed by atoms with Gasteiger partial charge in [-0.2, -0.15) is 19.0 Å². The van der Waals surface area contributed by atoms with Crippen LogP contribution in [-0.2, 0) is 5.92 Å².